The van der Waals surface area contributed by atoms with Crippen LogP contribution in [0.4, 0.5) is 0 Å². The Morgan fingerprint density at radius 1 is 0.793 bits per heavy atom. The first-order valence-corrected chi connectivity index (χ1v) is 9.44. The minimum Gasteiger partial charge on any atom is -0.486 e. The fourth-order valence-electron chi connectivity index (χ4n) is 2.92. The summed E-state index contributed by atoms with van der Waals surface area (Å²) < 4.78 is 16.5. The fourth-order valence-corrected chi connectivity index (χ4v) is 3.05. The summed E-state index contributed by atoms with van der Waals surface area (Å²) in [6.07, 6.45) is 0. The van der Waals surface area contributed by atoms with E-state index in [-0.39, 0.29) is 18.2 Å². The van der Waals surface area contributed by atoms with Crippen LogP contribution in [0.3, 0.4) is 0 Å². The monoisotopic (exact) mass is 408 g/mol. The summed E-state index contributed by atoms with van der Waals surface area (Å²) in [5, 5.41) is 0.577. The van der Waals surface area contributed by atoms with Gasteiger partial charge in [-0.1, -0.05) is 11.6 Å². The first kappa shape index (κ1) is 19.0. The smallest absolute Gasteiger partial charge is 0.200 e. The van der Waals surface area contributed by atoms with Gasteiger partial charge in [-0.15, -0.1) is 0 Å². The molecule has 0 fully saturated rings. The molecule has 1 aliphatic rings. The van der Waals surface area contributed by atoms with Crippen LogP contribution < -0.4 is 14.2 Å². The molecular formula is C23H17ClO5. The van der Waals surface area contributed by atoms with Gasteiger partial charge in [0.2, 0.25) is 0 Å². The van der Waals surface area contributed by atoms with E-state index in [4.69, 9.17) is 25.8 Å². The highest BCUT2D eigenvalue weighted by Gasteiger charge is 2.15. The molecule has 1 aliphatic heterocycles. The number of ether oxygens (including phenoxy) is 3. The molecule has 29 heavy (non-hydrogen) atoms. The Bertz CT molecular complexity index is 1040. The standard InChI is InChI=1S/C23H17ClO5/c24-18-6-1-15(2-7-18)23(26)16-3-8-19(9-4-16)29-14-20(25)17-5-10-21-22(13-17)28-12-11-27-21/h1-10,13H,11-12,14H2. The second-order valence-electron chi connectivity index (χ2n) is 6.43. The van der Waals surface area contributed by atoms with Gasteiger partial charge in [0.15, 0.2) is 29.7 Å². The lowest BCUT2D eigenvalue weighted by Crippen LogP contribution is -2.17. The molecule has 0 saturated heterocycles. The van der Waals surface area contributed by atoms with Crippen LogP contribution in [0.15, 0.2) is 66.7 Å². The number of hydrogen-bond donors (Lipinski definition) is 0. The van der Waals surface area contributed by atoms with Gasteiger partial charge < -0.3 is 14.2 Å². The van der Waals surface area contributed by atoms with Crippen molar-refractivity contribution in [3.05, 3.63) is 88.4 Å². The van der Waals surface area contributed by atoms with E-state index in [1.54, 1.807) is 66.7 Å². The van der Waals surface area contributed by atoms with Gasteiger partial charge in [-0.25, -0.2) is 0 Å². The highest BCUT2D eigenvalue weighted by molar-refractivity contribution is 6.30. The van der Waals surface area contributed by atoms with E-state index >= 15 is 0 Å². The molecular weight excluding hydrogens is 392 g/mol. The number of carbonyl (C=O) groups is 2. The Labute approximate surface area is 172 Å². The van der Waals surface area contributed by atoms with E-state index < -0.39 is 0 Å². The van der Waals surface area contributed by atoms with E-state index in [2.05, 4.69) is 0 Å². The first-order chi connectivity index (χ1) is 14.1. The van der Waals surface area contributed by atoms with Gasteiger partial charge in [0, 0.05) is 21.7 Å². The van der Waals surface area contributed by atoms with Gasteiger partial charge in [0.05, 0.1) is 0 Å². The molecule has 0 N–H and O–H groups in total. The molecule has 4 rings (SSSR count). The Kier molecular flexibility index (Phi) is 5.49. The van der Waals surface area contributed by atoms with Crippen molar-refractivity contribution >= 4 is 23.2 Å². The number of Topliss-reactive ketones (excluding diaryl/α,β-unsaturated/α-hetero) is 1. The number of ketones is 2. The number of benzene rings is 3. The molecule has 0 atom stereocenters. The van der Waals surface area contributed by atoms with Crippen LogP contribution in [0.5, 0.6) is 17.2 Å². The topological polar surface area (TPSA) is 61.8 Å². The van der Waals surface area contributed by atoms with Crippen molar-refractivity contribution in [2.75, 3.05) is 19.8 Å². The van der Waals surface area contributed by atoms with Crippen LogP contribution in [0, 0.1) is 0 Å². The van der Waals surface area contributed by atoms with Crippen molar-refractivity contribution in [2.24, 2.45) is 0 Å². The van der Waals surface area contributed by atoms with Crippen LogP contribution in [0.25, 0.3) is 0 Å². The van der Waals surface area contributed by atoms with Crippen LogP contribution in [-0.4, -0.2) is 31.4 Å². The third-order valence-electron chi connectivity index (χ3n) is 4.46. The Morgan fingerprint density at radius 3 is 2.07 bits per heavy atom. The summed E-state index contributed by atoms with van der Waals surface area (Å²) in [6.45, 7) is 0.840. The molecule has 0 amide bonds. The maximum Gasteiger partial charge on any atom is 0.200 e. The van der Waals surface area contributed by atoms with Crippen molar-refractivity contribution in [2.45, 2.75) is 0 Å². The zero-order valence-corrected chi connectivity index (χ0v) is 16.1. The number of fused-ring (bicyclic) bond motifs is 1. The maximum atomic E-state index is 12.5. The second kappa shape index (κ2) is 8.37. The molecule has 146 valence electrons. The van der Waals surface area contributed by atoms with Gasteiger partial charge in [-0.3, -0.25) is 9.59 Å². The fraction of sp³-hybridized carbons (Fsp3) is 0.130. The van der Waals surface area contributed by atoms with Gasteiger partial charge >= 0.3 is 0 Å². The lowest BCUT2D eigenvalue weighted by Gasteiger charge is -2.18. The van der Waals surface area contributed by atoms with Crippen molar-refractivity contribution in [3.8, 4) is 17.2 Å². The zero-order valence-electron chi connectivity index (χ0n) is 15.4. The molecule has 6 heteroatoms. The van der Waals surface area contributed by atoms with Crippen LogP contribution in [0.2, 0.25) is 5.02 Å². The molecule has 0 spiro atoms. The van der Waals surface area contributed by atoms with Gasteiger partial charge in [-0.2, -0.15) is 0 Å². The summed E-state index contributed by atoms with van der Waals surface area (Å²) >= 11 is 5.85. The third kappa shape index (κ3) is 4.41. The van der Waals surface area contributed by atoms with E-state index in [0.717, 1.165) is 0 Å². The Hall–Kier alpha value is -3.31. The minimum absolute atomic E-state index is 0.111. The Morgan fingerprint density at radius 2 is 1.38 bits per heavy atom. The van der Waals surface area contributed by atoms with Crippen LogP contribution in [-0.2, 0) is 0 Å². The minimum atomic E-state index is -0.178. The highest BCUT2D eigenvalue weighted by Crippen LogP contribution is 2.31. The van der Waals surface area contributed by atoms with Crippen LogP contribution in [0.1, 0.15) is 26.3 Å². The number of rotatable bonds is 6. The van der Waals surface area contributed by atoms with Crippen molar-refractivity contribution in [1.29, 1.82) is 0 Å². The van der Waals surface area contributed by atoms with E-state index in [9.17, 15) is 9.59 Å². The molecule has 0 bridgehead atoms. The quantitative estimate of drug-likeness (QED) is 0.557. The molecule has 0 unspecified atom stereocenters. The molecule has 1 heterocycles. The van der Waals surface area contributed by atoms with Gasteiger partial charge in [0.25, 0.3) is 0 Å². The van der Waals surface area contributed by atoms with E-state index in [1.807, 2.05) is 0 Å². The summed E-state index contributed by atoms with van der Waals surface area (Å²) in [4.78, 5) is 24.9. The van der Waals surface area contributed by atoms with E-state index in [0.29, 0.717) is 52.2 Å². The molecule has 0 aliphatic carbocycles. The van der Waals surface area contributed by atoms with Crippen molar-refractivity contribution < 1.29 is 23.8 Å². The predicted octanol–water partition coefficient (Wildman–Crippen LogP) is 4.60. The number of hydrogen-bond acceptors (Lipinski definition) is 5. The highest BCUT2D eigenvalue weighted by atomic mass is 35.5. The molecule has 3 aromatic carbocycles. The SMILES string of the molecule is O=C(COc1ccc(C(=O)c2ccc(Cl)cc2)cc1)c1ccc2c(c1)OCCO2. The molecule has 3 aromatic rings. The van der Waals surface area contributed by atoms with Crippen molar-refractivity contribution in [1.82, 2.24) is 0 Å². The molecule has 5 nitrogen and oxygen atoms in total. The zero-order chi connectivity index (χ0) is 20.2. The first-order valence-electron chi connectivity index (χ1n) is 9.06. The average Bonchev–Trinajstić information content (AvgIpc) is 2.77. The summed E-state index contributed by atoms with van der Waals surface area (Å²) in [6, 6.07) is 18.5. The normalized spacial score (nSPS) is 12.3. The molecule has 0 aromatic heterocycles. The van der Waals surface area contributed by atoms with Crippen molar-refractivity contribution in [3.63, 3.8) is 0 Å². The predicted molar refractivity (Wildman–Crippen MR) is 109 cm³/mol. The largest absolute Gasteiger partial charge is 0.486 e. The van der Waals surface area contributed by atoms with Gasteiger partial charge in [0.1, 0.15) is 19.0 Å². The summed E-state index contributed by atoms with van der Waals surface area (Å²) in [5.74, 6) is 1.41. The molecule has 0 radical (unpaired) electrons. The summed E-state index contributed by atoms with van der Waals surface area (Å²) in [7, 11) is 0. The maximum absolute atomic E-state index is 12.5. The number of carbonyl (C=O) groups excluding carboxylic acids is 2. The molecule has 0 saturated carbocycles. The second-order valence-corrected chi connectivity index (χ2v) is 6.87. The third-order valence-corrected chi connectivity index (χ3v) is 4.71. The van der Waals surface area contributed by atoms with Crippen LogP contribution >= 0.6 is 11.6 Å². The average molecular weight is 409 g/mol. The lowest BCUT2D eigenvalue weighted by molar-refractivity contribution is 0.0919. The van der Waals surface area contributed by atoms with E-state index in [1.165, 1.54) is 0 Å². The number of halogens is 1. The Balaban J connectivity index is 1.38. The summed E-state index contributed by atoms with van der Waals surface area (Å²) in [5.41, 5.74) is 1.57. The lowest BCUT2D eigenvalue weighted by atomic mass is 10.0. The van der Waals surface area contributed by atoms with Gasteiger partial charge in [-0.05, 0) is 66.7 Å².